The Morgan fingerprint density at radius 2 is 2.20 bits per heavy atom. The zero-order valence-electron chi connectivity index (χ0n) is 8.01. The van der Waals surface area contributed by atoms with Crippen LogP contribution in [0.1, 0.15) is 5.56 Å². The van der Waals surface area contributed by atoms with Crippen LogP contribution in [0, 0.1) is 12.7 Å². The number of aromatic nitrogens is 2. The summed E-state index contributed by atoms with van der Waals surface area (Å²) in [6.45, 7) is 1.81. The summed E-state index contributed by atoms with van der Waals surface area (Å²) in [5.74, 6) is -0.676. The van der Waals surface area contributed by atoms with E-state index < -0.39 is 5.82 Å². The second kappa shape index (κ2) is 3.55. The van der Waals surface area contributed by atoms with E-state index in [1.165, 1.54) is 0 Å². The first-order chi connectivity index (χ1) is 7.11. The van der Waals surface area contributed by atoms with Gasteiger partial charge in [-0.1, -0.05) is 23.7 Å². The fourth-order valence-electron chi connectivity index (χ4n) is 1.40. The maximum Gasteiger partial charge on any atom is 0.192 e. The van der Waals surface area contributed by atoms with Crippen LogP contribution in [0.4, 0.5) is 10.2 Å². The number of nitrogens with two attached hydrogens (primary N) is 1. The standard InChI is InChI=1S/C10H9ClFN3/c1-5-6(3-2-4-7(5)11)9-8(12)10(13)15-14-9/h2-4H,1H3,(H3,13,14,15). The third-order valence-corrected chi connectivity index (χ3v) is 2.68. The van der Waals surface area contributed by atoms with Gasteiger partial charge in [0.2, 0.25) is 0 Å². The Labute approximate surface area is 91.1 Å². The minimum atomic E-state index is -0.541. The van der Waals surface area contributed by atoms with Crippen molar-refractivity contribution in [2.45, 2.75) is 6.92 Å². The molecule has 0 saturated carbocycles. The number of benzene rings is 1. The number of hydrogen-bond donors (Lipinski definition) is 2. The second-order valence-electron chi connectivity index (χ2n) is 3.21. The van der Waals surface area contributed by atoms with Gasteiger partial charge < -0.3 is 5.73 Å². The minimum absolute atomic E-state index is 0.135. The van der Waals surface area contributed by atoms with Crippen molar-refractivity contribution >= 4 is 17.4 Å². The second-order valence-corrected chi connectivity index (χ2v) is 3.62. The largest absolute Gasteiger partial charge is 0.380 e. The van der Waals surface area contributed by atoms with E-state index in [-0.39, 0.29) is 11.5 Å². The van der Waals surface area contributed by atoms with Crippen LogP contribution in [0.25, 0.3) is 11.3 Å². The van der Waals surface area contributed by atoms with Gasteiger partial charge in [-0.25, -0.2) is 4.39 Å². The zero-order chi connectivity index (χ0) is 11.0. The first kappa shape index (κ1) is 9.98. The van der Waals surface area contributed by atoms with Gasteiger partial charge >= 0.3 is 0 Å². The monoisotopic (exact) mass is 225 g/mol. The molecule has 78 valence electrons. The fraction of sp³-hybridized carbons (Fsp3) is 0.100. The van der Waals surface area contributed by atoms with E-state index >= 15 is 0 Å². The highest BCUT2D eigenvalue weighted by Crippen LogP contribution is 2.29. The first-order valence-electron chi connectivity index (χ1n) is 4.36. The molecule has 0 spiro atoms. The van der Waals surface area contributed by atoms with Crippen molar-refractivity contribution in [2.75, 3.05) is 5.73 Å². The number of halogens is 2. The van der Waals surface area contributed by atoms with Crippen LogP contribution in [-0.4, -0.2) is 10.2 Å². The third kappa shape index (κ3) is 1.57. The Hall–Kier alpha value is -1.55. The van der Waals surface area contributed by atoms with Crippen LogP contribution in [0.2, 0.25) is 5.02 Å². The van der Waals surface area contributed by atoms with Crippen molar-refractivity contribution in [1.82, 2.24) is 10.2 Å². The summed E-state index contributed by atoms with van der Waals surface area (Å²) in [6, 6.07) is 5.26. The van der Waals surface area contributed by atoms with E-state index in [0.717, 1.165) is 5.56 Å². The van der Waals surface area contributed by atoms with Crippen LogP contribution >= 0.6 is 11.6 Å². The van der Waals surface area contributed by atoms with Crippen LogP contribution in [-0.2, 0) is 0 Å². The molecule has 2 aromatic rings. The van der Waals surface area contributed by atoms with Gasteiger partial charge in [0.15, 0.2) is 11.6 Å². The molecule has 0 fully saturated rings. The van der Waals surface area contributed by atoms with Crippen molar-refractivity contribution in [2.24, 2.45) is 0 Å². The molecule has 1 aromatic carbocycles. The molecular weight excluding hydrogens is 217 g/mol. The topological polar surface area (TPSA) is 54.7 Å². The molecule has 2 rings (SSSR count). The molecule has 1 aromatic heterocycles. The lowest BCUT2D eigenvalue weighted by molar-refractivity contribution is 0.636. The number of hydrogen-bond acceptors (Lipinski definition) is 2. The smallest absolute Gasteiger partial charge is 0.192 e. The highest BCUT2D eigenvalue weighted by molar-refractivity contribution is 6.31. The normalized spacial score (nSPS) is 10.6. The molecule has 0 aliphatic rings. The van der Waals surface area contributed by atoms with Crippen molar-refractivity contribution in [1.29, 1.82) is 0 Å². The van der Waals surface area contributed by atoms with E-state index in [9.17, 15) is 4.39 Å². The summed E-state index contributed by atoms with van der Waals surface area (Å²) < 4.78 is 13.5. The van der Waals surface area contributed by atoms with E-state index in [4.69, 9.17) is 17.3 Å². The van der Waals surface area contributed by atoms with Gasteiger partial charge in [0.25, 0.3) is 0 Å². The predicted molar refractivity (Wildman–Crippen MR) is 58.1 cm³/mol. The van der Waals surface area contributed by atoms with E-state index in [0.29, 0.717) is 10.6 Å². The molecule has 0 aliphatic carbocycles. The molecule has 0 saturated heterocycles. The maximum absolute atomic E-state index is 13.5. The number of anilines is 1. The molecule has 0 bridgehead atoms. The summed E-state index contributed by atoms with van der Waals surface area (Å²) in [5.41, 5.74) is 7.05. The van der Waals surface area contributed by atoms with Crippen molar-refractivity contribution in [3.8, 4) is 11.3 Å². The predicted octanol–water partition coefficient (Wildman–Crippen LogP) is 2.76. The Morgan fingerprint density at radius 3 is 2.80 bits per heavy atom. The maximum atomic E-state index is 13.5. The number of nitrogen functional groups attached to an aromatic ring is 1. The van der Waals surface area contributed by atoms with Crippen LogP contribution in [0.15, 0.2) is 18.2 Å². The lowest BCUT2D eigenvalue weighted by atomic mass is 10.1. The molecule has 15 heavy (non-hydrogen) atoms. The van der Waals surface area contributed by atoms with Gasteiger partial charge in [-0.15, -0.1) is 0 Å². The van der Waals surface area contributed by atoms with E-state index in [1.807, 2.05) is 6.92 Å². The van der Waals surface area contributed by atoms with E-state index in [1.54, 1.807) is 18.2 Å². The Kier molecular flexibility index (Phi) is 2.36. The van der Waals surface area contributed by atoms with Gasteiger partial charge in [0.05, 0.1) is 0 Å². The van der Waals surface area contributed by atoms with E-state index in [2.05, 4.69) is 10.2 Å². The van der Waals surface area contributed by atoms with Gasteiger partial charge in [-0.05, 0) is 18.6 Å². The van der Waals surface area contributed by atoms with Crippen molar-refractivity contribution < 1.29 is 4.39 Å². The first-order valence-corrected chi connectivity index (χ1v) is 4.74. The average Bonchev–Trinajstić information content (AvgIpc) is 2.53. The lowest BCUT2D eigenvalue weighted by Crippen LogP contribution is -1.89. The summed E-state index contributed by atoms with van der Waals surface area (Å²) >= 11 is 5.93. The molecule has 5 heteroatoms. The lowest BCUT2D eigenvalue weighted by Gasteiger charge is -2.04. The zero-order valence-corrected chi connectivity index (χ0v) is 8.77. The van der Waals surface area contributed by atoms with Crippen molar-refractivity contribution in [3.05, 3.63) is 34.6 Å². The molecule has 0 atom stereocenters. The highest BCUT2D eigenvalue weighted by Gasteiger charge is 2.14. The Balaban J connectivity index is 2.64. The molecule has 3 N–H and O–H groups in total. The SMILES string of the molecule is Cc1c(Cl)cccc1-c1[nH]nc(N)c1F. The number of H-pyrrole nitrogens is 1. The van der Waals surface area contributed by atoms with Crippen LogP contribution in [0.5, 0.6) is 0 Å². The van der Waals surface area contributed by atoms with Gasteiger partial charge in [-0.3, -0.25) is 5.10 Å². The fourth-order valence-corrected chi connectivity index (χ4v) is 1.57. The Bertz CT molecular complexity index is 507. The summed E-state index contributed by atoms with van der Waals surface area (Å²) in [6.07, 6.45) is 0. The van der Waals surface area contributed by atoms with Gasteiger partial charge in [0.1, 0.15) is 5.69 Å². The average molecular weight is 226 g/mol. The number of nitrogens with zero attached hydrogens (tertiary/aromatic N) is 1. The molecule has 1 heterocycles. The number of rotatable bonds is 1. The molecule has 0 unspecified atom stereocenters. The molecule has 0 radical (unpaired) electrons. The highest BCUT2D eigenvalue weighted by atomic mass is 35.5. The van der Waals surface area contributed by atoms with Gasteiger partial charge in [-0.2, -0.15) is 5.10 Å². The third-order valence-electron chi connectivity index (χ3n) is 2.27. The summed E-state index contributed by atoms with van der Waals surface area (Å²) in [5, 5.41) is 6.73. The summed E-state index contributed by atoms with van der Waals surface area (Å²) in [7, 11) is 0. The van der Waals surface area contributed by atoms with Gasteiger partial charge in [0, 0.05) is 10.6 Å². The molecule has 3 nitrogen and oxygen atoms in total. The number of aromatic amines is 1. The summed E-state index contributed by atoms with van der Waals surface area (Å²) in [4.78, 5) is 0. The van der Waals surface area contributed by atoms with Crippen LogP contribution in [0.3, 0.4) is 0 Å². The molecule has 0 aliphatic heterocycles. The minimum Gasteiger partial charge on any atom is -0.380 e. The molecule has 0 amide bonds. The Morgan fingerprint density at radius 1 is 1.47 bits per heavy atom. The van der Waals surface area contributed by atoms with Crippen molar-refractivity contribution in [3.63, 3.8) is 0 Å². The molecular formula is C10H9ClFN3. The quantitative estimate of drug-likeness (QED) is 0.784. The number of nitrogens with one attached hydrogen (secondary N) is 1. The van der Waals surface area contributed by atoms with Crippen LogP contribution < -0.4 is 5.73 Å².